The van der Waals surface area contributed by atoms with Gasteiger partial charge in [-0.2, -0.15) is 0 Å². The first-order valence-electron chi connectivity index (χ1n) is 23.0. The summed E-state index contributed by atoms with van der Waals surface area (Å²) in [7, 11) is 0. The summed E-state index contributed by atoms with van der Waals surface area (Å²) in [4.78, 5) is 55.2. The van der Waals surface area contributed by atoms with Gasteiger partial charge >= 0.3 is 17.9 Å². The van der Waals surface area contributed by atoms with Gasteiger partial charge in [0.15, 0.2) is 5.96 Å². The van der Waals surface area contributed by atoms with Crippen molar-refractivity contribution in [2.45, 2.75) is 220 Å². The molecule has 0 bridgehead atoms. The van der Waals surface area contributed by atoms with E-state index in [1.165, 1.54) is 64.2 Å². The van der Waals surface area contributed by atoms with E-state index in [0.29, 0.717) is 32.5 Å². The standard InChI is InChI=1S/C45H86N4O7/c1-5-9-13-16-17-23-31-39(30-22-15-11-7-3)43(52)54-35-25-18-19-26-37-56-44(53)40(33-34-48-45(46)47)49-41(50)32-24-20-27-36-55-42(51)38(28-12-8-4)29-21-14-10-6-2/h38-40H,5-37H2,1-4H3,(H,49,50)(H4,46,47,48)/t38?,39?,40-/m0/s1. The zero-order valence-electron chi connectivity index (χ0n) is 36.5. The van der Waals surface area contributed by atoms with Gasteiger partial charge in [-0.3, -0.25) is 19.4 Å². The molecule has 0 aromatic heterocycles. The average molecular weight is 795 g/mol. The van der Waals surface area contributed by atoms with Crippen LogP contribution in [-0.4, -0.2) is 62.2 Å². The second-order valence-corrected chi connectivity index (χ2v) is 15.7. The molecule has 56 heavy (non-hydrogen) atoms. The highest BCUT2D eigenvalue weighted by atomic mass is 16.5. The molecule has 0 saturated heterocycles. The highest BCUT2D eigenvalue weighted by molar-refractivity contribution is 5.84. The lowest BCUT2D eigenvalue weighted by Gasteiger charge is -2.17. The third-order valence-corrected chi connectivity index (χ3v) is 10.4. The van der Waals surface area contributed by atoms with E-state index in [9.17, 15) is 19.2 Å². The van der Waals surface area contributed by atoms with Gasteiger partial charge in [0.2, 0.25) is 5.91 Å². The summed E-state index contributed by atoms with van der Waals surface area (Å²) in [6.07, 6.45) is 27.9. The van der Waals surface area contributed by atoms with E-state index in [1.54, 1.807) is 0 Å². The van der Waals surface area contributed by atoms with Gasteiger partial charge in [0.05, 0.1) is 31.7 Å². The van der Waals surface area contributed by atoms with Crippen LogP contribution in [0.4, 0.5) is 0 Å². The largest absolute Gasteiger partial charge is 0.465 e. The first-order chi connectivity index (χ1) is 27.2. The smallest absolute Gasteiger partial charge is 0.328 e. The number of esters is 3. The van der Waals surface area contributed by atoms with E-state index in [2.05, 4.69) is 38.0 Å². The zero-order valence-corrected chi connectivity index (χ0v) is 36.5. The van der Waals surface area contributed by atoms with Crippen LogP contribution >= 0.6 is 0 Å². The number of nitrogens with one attached hydrogen (secondary N) is 1. The summed E-state index contributed by atoms with van der Waals surface area (Å²) in [6, 6.07) is -0.852. The minimum atomic E-state index is -0.852. The minimum absolute atomic E-state index is 0.00677. The average Bonchev–Trinajstić information content (AvgIpc) is 3.18. The van der Waals surface area contributed by atoms with Crippen LogP contribution in [0.3, 0.4) is 0 Å². The third-order valence-electron chi connectivity index (χ3n) is 10.4. The number of rotatable bonds is 40. The second-order valence-electron chi connectivity index (χ2n) is 15.7. The van der Waals surface area contributed by atoms with E-state index in [4.69, 9.17) is 25.7 Å². The van der Waals surface area contributed by atoms with Crippen LogP contribution < -0.4 is 16.8 Å². The van der Waals surface area contributed by atoms with Gasteiger partial charge in [0.1, 0.15) is 6.04 Å². The van der Waals surface area contributed by atoms with Gasteiger partial charge in [-0.15, -0.1) is 0 Å². The molecule has 0 rings (SSSR count). The van der Waals surface area contributed by atoms with Crippen molar-refractivity contribution >= 4 is 29.8 Å². The van der Waals surface area contributed by atoms with Crippen LogP contribution in [0.25, 0.3) is 0 Å². The molecule has 0 aliphatic rings. The molecule has 0 aromatic carbocycles. The normalized spacial score (nSPS) is 12.7. The summed E-state index contributed by atoms with van der Waals surface area (Å²) < 4.78 is 16.8. The fourth-order valence-electron chi connectivity index (χ4n) is 6.83. The lowest BCUT2D eigenvalue weighted by Crippen LogP contribution is -2.42. The van der Waals surface area contributed by atoms with Crippen molar-refractivity contribution < 1.29 is 33.4 Å². The minimum Gasteiger partial charge on any atom is -0.465 e. The highest BCUT2D eigenvalue weighted by Gasteiger charge is 2.23. The molecule has 2 unspecified atom stereocenters. The molecule has 0 saturated carbocycles. The summed E-state index contributed by atoms with van der Waals surface area (Å²) in [5.74, 6) is -0.982. The number of aliphatic imine (C=N–C) groups is 1. The molecule has 5 N–H and O–H groups in total. The van der Waals surface area contributed by atoms with E-state index < -0.39 is 12.0 Å². The summed E-state index contributed by atoms with van der Waals surface area (Å²) in [5, 5.41) is 2.80. The Bertz CT molecular complexity index is 1000. The Labute approximate surface area is 342 Å². The predicted molar refractivity (Wildman–Crippen MR) is 229 cm³/mol. The van der Waals surface area contributed by atoms with Crippen molar-refractivity contribution in [3.63, 3.8) is 0 Å². The summed E-state index contributed by atoms with van der Waals surface area (Å²) in [6.45, 7) is 9.95. The maximum absolute atomic E-state index is 12.9. The third kappa shape index (κ3) is 32.3. The maximum atomic E-state index is 12.9. The lowest BCUT2D eigenvalue weighted by molar-refractivity contribution is -0.150. The maximum Gasteiger partial charge on any atom is 0.328 e. The van der Waals surface area contributed by atoms with Crippen molar-refractivity contribution in [1.29, 1.82) is 0 Å². The topological polar surface area (TPSA) is 172 Å². The number of amides is 1. The molecule has 0 aliphatic carbocycles. The number of unbranched alkanes of at least 4 members (excludes halogenated alkanes) is 17. The van der Waals surface area contributed by atoms with Crippen molar-refractivity contribution in [3.05, 3.63) is 0 Å². The van der Waals surface area contributed by atoms with Gasteiger partial charge in [-0.25, -0.2) is 4.79 Å². The quantitative estimate of drug-likeness (QED) is 0.0179. The number of carbonyl (C=O) groups is 4. The van der Waals surface area contributed by atoms with Gasteiger partial charge in [0, 0.05) is 13.0 Å². The fourth-order valence-corrected chi connectivity index (χ4v) is 6.83. The number of nitrogens with zero attached hydrogens (tertiary/aromatic N) is 1. The van der Waals surface area contributed by atoms with Crippen LogP contribution in [-0.2, 0) is 33.4 Å². The van der Waals surface area contributed by atoms with Crippen LogP contribution in [0.2, 0.25) is 0 Å². The molecule has 3 atom stereocenters. The van der Waals surface area contributed by atoms with E-state index in [-0.39, 0.29) is 61.6 Å². The molecule has 0 radical (unpaired) electrons. The number of hydrogen-bond donors (Lipinski definition) is 3. The predicted octanol–water partition coefficient (Wildman–Crippen LogP) is 10.00. The number of carbonyl (C=O) groups excluding carboxylic acids is 4. The zero-order chi connectivity index (χ0) is 41.5. The Morgan fingerprint density at radius 3 is 1.30 bits per heavy atom. The van der Waals surface area contributed by atoms with Crippen molar-refractivity contribution in [2.24, 2.45) is 28.3 Å². The first kappa shape index (κ1) is 53.1. The Balaban J connectivity index is 4.51. The molecular formula is C45H86N4O7. The summed E-state index contributed by atoms with van der Waals surface area (Å²) in [5.41, 5.74) is 10.9. The SMILES string of the molecule is CCCCCCCCC(CCCCCC)C(=O)OCCCCCCOC(=O)[C@H](CCN=C(N)N)NC(=O)CCCCCOC(=O)C(CCCC)CCCCCC. The van der Waals surface area contributed by atoms with Crippen LogP contribution in [0.15, 0.2) is 4.99 Å². The number of hydrogen-bond acceptors (Lipinski definition) is 8. The molecule has 0 spiro atoms. The number of ether oxygens (including phenoxy) is 3. The number of guanidine groups is 1. The molecule has 0 aliphatic heterocycles. The molecule has 1 amide bonds. The Hall–Kier alpha value is -2.85. The fraction of sp³-hybridized carbons (Fsp3) is 0.889. The molecule has 0 aromatic rings. The Morgan fingerprint density at radius 2 is 0.839 bits per heavy atom. The van der Waals surface area contributed by atoms with Crippen LogP contribution in [0.5, 0.6) is 0 Å². The van der Waals surface area contributed by atoms with Gasteiger partial charge in [-0.05, 0) is 77.0 Å². The summed E-state index contributed by atoms with van der Waals surface area (Å²) >= 11 is 0. The molecule has 11 heteroatoms. The monoisotopic (exact) mass is 795 g/mol. The molecular weight excluding hydrogens is 709 g/mol. The van der Waals surface area contributed by atoms with E-state index in [1.807, 2.05) is 0 Å². The van der Waals surface area contributed by atoms with Crippen molar-refractivity contribution in [3.8, 4) is 0 Å². The Kier molecular flexibility index (Phi) is 37.0. The second kappa shape index (κ2) is 39.0. The lowest BCUT2D eigenvalue weighted by atomic mass is 9.94. The van der Waals surface area contributed by atoms with E-state index >= 15 is 0 Å². The molecule has 0 fully saturated rings. The van der Waals surface area contributed by atoms with E-state index in [0.717, 1.165) is 89.9 Å². The highest BCUT2D eigenvalue weighted by Crippen LogP contribution is 2.21. The number of nitrogens with two attached hydrogens (primary N) is 2. The van der Waals surface area contributed by atoms with Crippen molar-refractivity contribution in [1.82, 2.24) is 5.32 Å². The molecule has 328 valence electrons. The first-order valence-corrected chi connectivity index (χ1v) is 23.0. The molecule has 11 nitrogen and oxygen atoms in total. The van der Waals surface area contributed by atoms with Gasteiger partial charge < -0.3 is 31.0 Å². The van der Waals surface area contributed by atoms with Crippen molar-refractivity contribution in [2.75, 3.05) is 26.4 Å². The molecule has 0 heterocycles. The Morgan fingerprint density at radius 1 is 0.464 bits per heavy atom. The van der Waals surface area contributed by atoms with Gasteiger partial charge in [0.25, 0.3) is 0 Å². The van der Waals surface area contributed by atoms with Crippen LogP contribution in [0.1, 0.15) is 214 Å². The van der Waals surface area contributed by atoms with Crippen LogP contribution in [0, 0.1) is 11.8 Å². The van der Waals surface area contributed by atoms with Gasteiger partial charge in [-0.1, -0.05) is 130 Å².